The van der Waals surface area contributed by atoms with E-state index in [4.69, 9.17) is 10.00 Å². The van der Waals surface area contributed by atoms with Crippen LogP contribution >= 0.6 is 0 Å². The highest BCUT2D eigenvalue weighted by molar-refractivity contribution is 5.42. The quantitative estimate of drug-likeness (QED) is 0.849. The molecule has 0 N–H and O–H groups in total. The van der Waals surface area contributed by atoms with Gasteiger partial charge >= 0.3 is 0 Å². The molecule has 2 heterocycles. The van der Waals surface area contributed by atoms with Crippen LogP contribution in [0, 0.1) is 11.3 Å². The number of likely N-dealkylation sites (N-methyl/N-ethyl adjacent to an activating group) is 1. The number of hydrogen-bond acceptors (Lipinski definition) is 4. The van der Waals surface area contributed by atoms with E-state index in [1.807, 2.05) is 18.2 Å². The van der Waals surface area contributed by atoms with Gasteiger partial charge in [-0.3, -0.25) is 9.80 Å². The molecule has 3 rings (SSSR count). The van der Waals surface area contributed by atoms with Crippen LogP contribution in [0.4, 0.5) is 0 Å². The van der Waals surface area contributed by atoms with Crippen LogP contribution < -0.4 is 4.74 Å². The Kier molecular flexibility index (Phi) is 4.42. The number of nitriles is 1. The summed E-state index contributed by atoms with van der Waals surface area (Å²) in [4.78, 5) is 5.07. The summed E-state index contributed by atoms with van der Waals surface area (Å²) >= 11 is 0. The molecule has 4 nitrogen and oxygen atoms in total. The predicted octanol–water partition coefficient (Wildman–Crippen LogP) is 2.11. The van der Waals surface area contributed by atoms with Crippen LogP contribution in [0.2, 0.25) is 0 Å². The van der Waals surface area contributed by atoms with Crippen molar-refractivity contribution < 1.29 is 4.74 Å². The molecule has 0 saturated carbocycles. The molecule has 2 fully saturated rings. The lowest BCUT2D eigenvalue weighted by Crippen LogP contribution is -2.38. The number of nitrogens with zero attached hydrogens (tertiary/aromatic N) is 3. The minimum Gasteiger partial charge on any atom is -0.491 e. The Morgan fingerprint density at radius 3 is 2.90 bits per heavy atom. The van der Waals surface area contributed by atoms with Crippen molar-refractivity contribution in [2.24, 2.45) is 0 Å². The van der Waals surface area contributed by atoms with Gasteiger partial charge in [-0.15, -0.1) is 0 Å². The van der Waals surface area contributed by atoms with Crippen molar-refractivity contribution in [2.45, 2.75) is 31.3 Å². The Morgan fingerprint density at radius 1 is 1.24 bits per heavy atom. The first-order valence-electron chi connectivity index (χ1n) is 7.84. The number of para-hydroxylation sites is 1. The van der Waals surface area contributed by atoms with Gasteiger partial charge in [-0.2, -0.15) is 5.26 Å². The summed E-state index contributed by atoms with van der Waals surface area (Å²) in [7, 11) is 2.27. The Labute approximate surface area is 126 Å². The lowest BCUT2D eigenvalue weighted by molar-refractivity contribution is 0.187. The number of ether oxygens (including phenoxy) is 1. The molecule has 2 unspecified atom stereocenters. The molecule has 4 heteroatoms. The molecule has 1 aromatic rings. The Hall–Kier alpha value is -1.57. The topological polar surface area (TPSA) is 39.5 Å². The molecule has 112 valence electrons. The van der Waals surface area contributed by atoms with E-state index in [1.165, 1.54) is 19.3 Å². The van der Waals surface area contributed by atoms with E-state index in [1.54, 1.807) is 6.07 Å². The van der Waals surface area contributed by atoms with Crippen LogP contribution in [-0.4, -0.2) is 55.2 Å². The van der Waals surface area contributed by atoms with E-state index < -0.39 is 0 Å². The molecule has 2 bridgehead atoms. The van der Waals surface area contributed by atoms with Crippen LogP contribution in [0.1, 0.15) is 24.8 Å². The Bertz CT molecular complexity index is 525. The molecular formula is C17H23N3O. The van der Waals surface area contributed by atoms with Gasteiger partial charge < -0.3 is 4.74 Å². The van der Waals surface area contributed by atoms with Crippen molar-refractivity contribution in [1.82, 2.24) is 9.80 Å². The summed E-state index contributed by atoms with van der Waals surface area (Å²) in [5.74, 6) is 0.702. The third kappa shape index (κ3) is 3.20. The number of hydrogen-bond donors (Lipinski definition) is 0. The molecule has 21 heavy (non-hydrogen) atoms. The molecule has 0 radical (unpaired) electrons. The molecule has 0 aliphatic carbocycles. The number of likely N-dealkylation sites (tertiary alicyclic amines) is 1. The minimum absolute atomic E-state index is 0.618. The third-order valence-corrected chi connectivity index (χ3v) is 4.91. The molecule has 0 aromatic heterocycles. The first kappa shape index (κ1) is 14.4. The van der Waals surface area contributed by atoms with Gasteiger partial charge in [0.05, 0.1) is 5.56 Å². The lowest BCUT2D eigenvalue weighted by atomic mass is 10.1. The van der Waals surface area contributed by atoms with Crippen molar-refractivity contribution >= 4 is 0 Å². The van der Waals surface area contributed by atoms with Crippen molar-refractivity contribution in [3.63, 3.8) is 0 Å². The second kappa shape index (κ2) is 6.46. The van der Waals surface area contributed by atoms with Gasteiger partial charge in [0.2, 0.25) is 0 Å². The average Bonchev–Trinajstić information content (AvgIpc) is 2.75. The standard InChI is InChI=1S/C17H23N3O/c1-19-15-6-7-16(19)13-20(9-8-15)10-11-21-17-5-3-2-4-14(17)12-18/h2-5,15-16H,6-11,13H2,1H3. The van der Waals surface area contributed by atoms with E-state index in [0.29, 0.717) is 24.0 Å². The van der Waals surface area contributed by atoms with Crippen molar-refractivity contribution in [1.29, 1.82) is 5.26 Å². The Morgan fingerprint density at radius 2 is 2.05 bits per heavy atom. The monoisotopic (exact) mass is 285 g/mol. The van der Waals surface area contributed by atoms with Crippen LogP contribution in [0.15, 0.2) is 24.3 Å². The zero-order valence-electron chi connectivity index (χ0n) is 12.7. The summed E-state index contributed by atoms with van der Waals surface area (Å²) in [6.07, 6.45) is 3.96. The molecular weight excluding hydrogens is 262 g/mol. The van der Waals surface area contributed by atoms with E-state index in [9.17, 15) is 0 Å². The highest BCUT2D eigenvalue weighted by Gasteiger charge is 2.34. The number of benzene rings is 1. The fraction of sp³-hybridized carbons (Fsp3) is 0.588. The summed E-state index contributed by atoms with van der Waals surface area (Å²) in [6.45, 7) is 3.90. The molecule has 0 spiro atoms. The first-order chi connectivity index (χ1) is 10.3. The van der Waals surface area contributed by atoms with Crippen LogP contribution in [-0.2, 0) is 0 Å². The fourth-order valence-corrected chi connectivity index (χ4v) is 3.55. The molecule has 1 aromatic carbocycles. The predicted molar refractivity (Wildman–Crippen MR) is 82.3 cm³/mol. The van der Waals surface area contributed by atoms with Gasteiger partial charge in [-0.25, -0.2) is 0 Å². The molecule has 0 amide bonds. The second-order valence-corrected chi connectivity index (χ2v) is 6.10. The lowest BCUT2D eigenvalue weighted by Gasteiger charge is -2.25. The molecule has 2 atom stereocenters. The molecule has 2 saturated heterocycles. The molecule has 2 aliphatic rings. The van der Waals surface area contributed by atoms with Gasteiger partial charge in [-0.1, -0.05) is 12.1 Å². The zero-order valence-corrected chi connectivity index (χ0v) is 12.7. The first-order valence-corrected chi connectivity index (χ1v) is 7.84. The summed E-state index contributed by atoms with van der Waals surface area (Å²) < 4.78 is 5.80. The smallest absolute Gasteiger partial charge is 0.137 e. The Balaban J connectivity index is 1.51. The summed E-state index contributed by atoms with van der Waals surface area (Å²) in [5, 5.41) is 9.06. The summed E-state index contributed by atoms with van der Waals surface area (Å²) in [6, 6.07) is 11.1. The largest absolute Gasteiger partial charge is 0.491 e. The summed E-state index contributed by atoms with van der Waals surface area (Å²) in [5.41, 5.74) is 0.618. The highest BCUT2D eigenvalue weighted by atomic mass is 16.5. The normalized spacial score (nSPS) is 26.3. The highest BCUT2D eigenvalue weighted by Crippen LogP contribution is 2.28. The molecule has 2 aliphatic heterocycles. The van der Waals surface area contributed by atoms with Gasteiger partial charge in [0.15, 0.2) is 0 Å². The van der Waals surface area contributed by atoms with Crippen LogP contribution in [0.3, 0.4) is 0 Å². The van der Waals surface area contributed by atoms with E-state index in [-0.39, 0.29) is 0 Å². The maximum absolute atomic E-state index is 9.06. The van der Waals surface area contributed by atoms with Crippen LogP contribution in [0.5, 0.6) is 5.75 Å². The van der Waals surface area contributed by atoms with Gasteiger partial charge in [-0.05, 0) is 45.0 Å². The SMILES string of the molecule is CN1C2CCC1CN(CCOc1ccccc1C#N)CC2. The number of fused-ring (bicyclic) bond motifs is 2. The van der Waals surface area contributed by atoms with E-state index >= 15 is 0 Å². The van der Waals surface area contributed by atoms with E-state index in [2.05, 4.69) is 22.9 Å². The minimum atomic E-state index is 0.618. The van der Waals surface area contributed by atoms with Gasteiger partial charge in [0.1, 0.15) is 18.4 Å². The van der Waals surface area contributed by atoms with Crippen molar-refractivity contribution in [2.75, 3.05) is 33.3 Å². The maximum Gasteiger partial charge on any atom is 0.137 e. The van der Waals surface area contributed by atoms with Gasteiger partial charge in [0, 0.05) is 25.2 Å². The average molecular weight is 285 g/mol. The van der Waals surface area contributed by atoms with Crippen molar-refractivity contribution in [3.05, 3.63) is 29.8 Å². The van der Waals surface area contributed by atoms with Crippen molar-refractivity contribution in [3.8, 4) is 11.8 Å². The van der Waals surface area contributed by atoms with Crippen LogP contribution in [0.25, 0.3) is 0 Å². The third-order valence-electron chi connectivity index (χ3n) is 4.91. The zero-order chi connectivity index (χ0) is 14.7. The number of rotatable bonds is 4. The fourth-order valence-electron chi connectivity index (χ4n) is 3.55. The van der Waals surface area contributed by atoms with Gasteiger partial charge in [0.25, 0.3) is 0 Å². The van der Waals surface area contributed by atoms with E-state index in [0.717, 1.165) is 25.7 Å². The maximum atomic E-state index is 9.06. The second-order valence-electron chi connectivity index (χ2n) is 6.10.